The van der Waals surface area contributed by atoms with Gasteiger partial charge in [0.2, 0.25) is 0 Å². The van der Waals surface area contributed by atoms with Crippen molar-refractivity contribution in [1.82, 2.24) is 0 Å². The molecule has 0 heterocycles. The summed E-state index contributed by atoms with van der Waals surface area (Å²) in [4.78, 5) is 12.3. The number of hydrogen-bond donors (Lipinski definition) is 1. The Kier molecular flexibility index (Phi) is 7.32. The molecule has 1 N–H and O–H groups in total. The summed E-state index contributed by atoms with van der Waals surface area (Å²) in [7, 11) is 0. The van der Waals surface area contributed by atoms with E-state index in [0.717, 1.165) is 10.5 Å². The second-order valence-electron chi connectivity index (χ2n) is 6.64. The average molecular weight is 355 g/mol. The summed E-state index contributed by atoms with van der Waals surface area (Å²) in [6.45, 7) is 8.67. The van der Waals surface area contributed by atoms with E-state index in [1.165, 1.54) is 5.56 Å². The third-order valence-corrected chi connectivity index (χ3v) is 5.76. The van der Waals surface area contributed by atoms with Gasteiger partial charge in [0.05, 0.1) is 6.42 Å². The molecule has 0 aromatic heterocycles. The first-order valence-electron chi connectivity index (χ1n) is 8.63. The third-order valence-electron chi connectivity index (χ3n) is 4.19. The molecule has 2 aromatic carbocycles. The van der Waals surface area contributed by atoms with Crippen LogP contribution in [-0.2, 0) is 4.79 Å². The fraction of sp³-hybridized carbons (Fsp3) is 0.318. The second kappa shape index (κ2) is 9.47. The lowest BCUT2D eigenvalue weighted by atomic mass is 9.92. The van der Waals surface area contributed by atoms with Crippen LogP contribution in [0.25, 0.3) is 0 Å². The second-order valence-corrected chi connectivity index (χ2v) is 7.96. The molecule has 2 atom stereocenters. The van der Waals surface area contributed by atoms with Crippen LogP contribution in [0.1, 0.15) is 49.0 Å². The van der Waals surface area contributed by atoms with Crippen molar-refractivity contribution in [2.24, 2.45) is 5.92 Å². The largest absolute Gasteiger partial charge is 0.481 e. The van der Waals surface area contributed by atoms with Crippen LogP contribution in [0.2, 0.25) is 0 Å². The van der Waals surface area contributed by atoms with Gasteiger partial charge in [0.15, 0.2) is 0 Å². The molecule has 0 radical (unpaired) electrons. The first-order valence-corrected chi connectivity index (χ1v) is 9.51. The van der Waals surface area contributed by atoms with Crippen molar-refractivity contribution in [2.45, 2.75) is 37.9 Å². The van der Waals surface area contributed by atoms with Gasteiger partial charge in [0.1, 0.15) is 0 Å². The average Bonchev–Trinajstić information content (AvgIpc) is 2.60. The Morgan fingerprint density at radius 1 is 0.960 bits per heavy atom. The molecule has 0 unspecified atom stereocenters. The number of carboxylic acids is 1. The van der Waals surface area contributed by atoms with Gasteiger partial charge in [-0.1, -0.05) is 81.1 Å². The smallest absolute Gasteiger partial charge is 0.303 e. The summed E-state index contributed by atoms with van der Waals surface area (Å²) in [5, 5.41) is 9.60. The Morgan fingerprint density at radius 3 is 1.96 bits per heavy atom. The van der Waals surface area contributed by atoms with Gasteiger partial charge in [-0.05, 0) is 34.3 Å². The summed E-state index contributed by atoms with van der Waals surface area (Å²) in [5.41, 5.74) is 2.35. The van der Waals surface area contributed by atoms with Crippen LogP contribution < -0.4 is 0 Å². The molecule has 132 valence electrons. The standard InChI is InChI=1S/C22H26O2S/c1-16(2)22(19-12-8-5-9-13-19)25-17(3)14-20(15-21(23)24)18-10-6-4-7-11-18/h4-13,16,20,22H,3,14-15H2,1-2H3,(H,23,24)/t20-,22+/m0/s1. The van der Waals surface area contributed by atoms with Crippen molar-refractivity contribution in [3.05, 3.63) is 83.3 Å². The summed E-state index contributed by atoms with van der Waals surface area (Å²) >= 11 is 1.77. The Bertz CT molecular complexity index is 680. The summed E-state index contributed by atoms with van der Waals surface area (Å²) in [5.74, 6) is -0.337. The van der Waals surface area contributed by atoms with Gasteiger partial charge in [-0.15, -0.1) is 11.8 Å². The highest BCUT2D eigenvalue weighted by Gasteiger charge is 2.21. The zero-order valence-corrected chi connectivity index (χ0v) is 15.7. The Hall–Kier alpha value is -2.00. The van der Waals surface area contributed by atoms with Crippen molar-refractivity contribution in [3.8, 4) is 0 Å². The number of allylic oxidation sites excluding steroid dienone is 1. The molecule has 0 amide bonds. The topological polar surface area (TPSA) is 37.3 Å². The predicted octanol–water partition coefficient (Wildman–Crippen LogP) is 6.28. The number of hydrogen-bond acceptors (Lipinski definition) is 2. The van der Waals surface area contributed by atoms with E-state index < -0.39 is 5.97 Å². The maximum atomic E-state index is 11.3. The van der Waals surface area contributed by atoms with E-state index in [0.29, 0.717) is 17.6 Å². The fourth-order valence-electron chi connectivity index (χ4n) is 2.98. The highest BCUT2D eigenvalue weighted by Crippen LogP contribution is 2.43. The number of rotatable bonds is 9. The monoisotopic (exact) mass is 354 g/mol. The molecule has 0 aliphatic carbocycles. The normalized spacial score (nSPS) is 13.4. The van der Waals surface area contributed by atoms with E-state index in [-0.39, 0.29) is 12.3 Å². The van der Waals surface area contributed by atoms with E-state index in [2.05, 4.69) is 44.7 Å². The van der Waals surface area contributed by atoms with Crippen LogP contribution >= 0.6 is 11.8 Å². The lowest BCUT2D eigenvalue weighted by molar-refractivity contribution is -0.137. The zero-order valence-electron chi connectivity index (χ0n) is 14.9. The molecule has 25 heavy (non-hydrogen) atoms. The maximum Gasteiger partial charge on any atom is 0.303 e. The molecule has 3 heteroatoms. The molecule has 0 fully saturated rings. The number of thioether (sulfide) groups is 1. The molecule has 0 spiro atoms. The van der Waals surface area contributed by atoms with Gasteiger partial charge in [-0.3, -0.25) is 4.79 Å². The molecule has 2 rings (SSSR count). The molecule has 0 saturated carbocycles. The quantitative estimate of drug-likeness (QED) is 0.576. The predicted molar refractivity (Wildman–Crippen MR) is 107 cm³/mol. The summed E-state index contributed by atoms with van der Waals surface area (Å²) in [6, 6.07) is 20.3. The van der Waals surface area contributed by atoms with Gasteiger partial charge in [-0.25, -0.2) is 0 Å². The van der Waals surface area contributed by atoms with Crippen LogP contribution in [0.15, 0.2) is 72.1 Å². The molecule has 0 bridgehead atoms. The molecular weight excluding hydrogens is 328 g/mol. The van der Waals surface area contributed by atoms with Crippen molar-refractivity contribution in [2.75, 3.05) is 0 Å². The number of benzene rings is 2. The highest BCUT2D eigenvalue weighted by atomic mass is 32.2. The van der Waals surface area contributed by atoms with Crippen molar-refractivity contribution in [3.63, 3.8) is 0 Å². The van der Waals surface area contributed by atoms with Crippen LogP contribution in [0, 0.1) is 5.92 Å². The minimum absolute atomic E-state index is 0.0396. The van der Waals surface area contributed by atoms with E-state index in [9.17, 15) is 9.90 Å². The van der Waals surface area contributed by atoms with Gasteiger partial charge >= 0.3 is 5.97 Å². The maximum absolute atomic E-state index is 11.3. The summed E-state index contributed by atoms with van der Waals surface area (Å²) < 4.78 is 0. The Balaban J connectivity index is 2.10. The SMILES string of the molecule is C=C(C[C@@H](CC(=O)O)c1ccccc1)S[C@@H](c1ccccc1)C(C)C. The fourth-order valence-corrected chi connectivity index (χ4v) is 4.20. The molecular formula is C22H26O2S. The van der Waals surface area contributed by atoms with Gasteiger partial charge in [-0.2, -0.15) is 0 Å². The molecule has 0 aliphatic heterocycles. The van der Waals surface area contributed by atoms with Crippen LogP contribution in [0.5, 0.6) is 0 Å². The molecule has 0 saturated heterocycles. The van der Waals surface area contributed by atoms with E-state index in [1.807, 2.05) is 36.4 Å². The van der Waals surface area contributed by atoms with Crippen LogP contribution in [0.4, 0.5) is 0 Å². The Morgan fingerprint density at radius 2 is 1.48 bits per heavy atom. The highest BCUT2D eigenvalue weighted by molar-refractivity contribution is 8.03. The lowest BCUT2D eigenvalue weighted by Gasteiger charge is -2.24. The minimum atomic E-state index is -0.768. The first kappa shape index (κ1) is 19.3. The third kappa shape index (κ3) is 6.09. The lowest BCUT2D eigenvalue weighted by Crippen LogP contribution is -2.08. The van der Waals surface area contributed by atoms with Crippen molar-refractivity contribution >= 4 is 17.7 Å². The van der Waals surface area contributed by atoms with Crippen LogP contribution in [-0.4, -0.2) is 11.1 Å². The van der Waals surface area contributed by atoms with E-state index >= 15 is 0 Å². The minimum Gasteiger partial charge on any atom is -0.481 e. The van der Waals surface area contributed by atoms with E-state index in [1.54, 1.807) is 11.8 Å². The Labute approximate surface area is 155 Å². The molecule has 2 nitrogen and oxygen atoms in total. The van der Waals surface area contributed by atoms with Gasteiger partial charge < -0.3 is 5.11 Å². The van der Waals surface area contributed by atoms with E-state index in [4.69, 9.17) is 0 Å². The number of carboxylic acid groups (broad SMARTS) is 1. The van der Waals surface area contributed by atoms with Crippen molar-refractivity contribution < 1.29 is 9.90 Å². The zero-order chi connectivity index (χ0) is 18.2. The first-order chi connectivity index (χ1) is 12.0. The summed E-state index contributed by atoms with van der Waals surface area (Å²) in [6.07, 6.45) is 0.804. The number of aliphatic carboxylic acids is 1. The van der Waals surface area contributed by atoms with Crippen molar-refractivity contribution in [1.29, 1.82) is 0 Å². The molecule has 2 aromatic rings. The van der Waals surface area contributed by atoms with Crippen LogP contribution in [0.3, 0.4) is 0 Å². The number of carbonyl (C=O) groups is 1. The molecule has 0 aliphatic rings. The van der Waals surface area contributed by atoms with Gasteiger partial charge in [0.25, 0.3) is 0 Å². The van der Waals surface area contributed by atoms with Gasteiger partial charge in [0, 0.05) is 5.25 Å².